The van der Waals surface area contributed by atoms with E-state index in [-0.39, 0.29) is 0 Å². The Morgan fingerprint density at radius 2 is 1.63 bits per heavy atom. The summed E-state index contributed by atoms with van der Waals surface area (Å²) in [5, 5.41) is 0. The topological polar surface area (TPSA) is 37.4 Å². The molecule has 0 N–H and O–H groups in total. The summed E-state index contributed by atoms with van der Waals surface area (Å²) >= 11 is 0. The maximum absolute atomic E-state index is 13.0. The molecule has 0 radical (unpaired) electrons. The monoisotopic (exact) mass is 383 g/mol. The summed E-state index contributed by atoms with van der Waals surface area (Å²) in [6, 6.07) is 19.8. The van der Waals surface area contributed by atoms with E-state index in [0.29, 0.717) is 10.8 Å². The molecular weight excluding hydrogens is 354 g/mol. The van der Waals surface area contributed by atoms with E-state index in [1.165, 1.54) is 18.4 Å². The minimum absolute atomic E-state index is 0.490. The first-order valence-electron chi connectivity index (χ1n) is 10.2. The number of benzene rings is 2. The molecule has 1 saturated carbocycles. The van der Waals surface area contributed by atoms with Gasteiger partial charge < -0.3 is 4.90 Å². The molecular formula is C23H29NO2S. The van der Waals surface area contributed by atoms with Gasteiger partial charge in [-0.25, -0.2) is 8.42 Å². The maximum atomic E-state index is 13.0. The van der Waals surface area contributed by atoms with Gasteiger partial charge in [0.2, 0.25) is 0 Å². The van der Waals surface area contributed by atoms with Crippen LogP contribution in [0.4, 0.5) is 0 Å². The fourth-order valence-electron chi connectivity index (χ4n) is 4.52. The molecule has 1 unspecified atom stereocenters. The van der Waals surface area contributed by atoms with E-state index in [0.717, 1.165) is 45.3 Å². The molecule has 1 heterocycles. The molecule has 0 aromatic heterocycles. The zero-order valence-electron chi connectivity index (χ0n) is 15.9. The van der Waals surface area contributed by atoms with Crippen LogP contribution >= 0.6 is 0 Å². The minimum Gasteiger partial charge on any atom is -0.303 e. The van der Waals surface area contributed by atoms with Crippen molar-refractivity contribution in [2.45, 2.75) is 54.1 Å². The van der Waals surface area contributed by atoms with Crippen LogP contribution in [0.1, 0.15) is 50.0 Å². The van der Waals surface area contributed by atoms with Gasteiger partial charge >= 0.3 is 0 Å². The predicted octanol–water partition coefficient (Wildman–Crippen LogP) is 4.65. The number of hydrogen-bond acceptors (Lipinski definition) is 3. The fraction of sp³-hybridized carbons (Fsp3) is 0.478. The lowest BCUT2D eigenvalue weighted by Gasteiger charge is -2.33. The summed E-state index contributed by atoms with van der Waals surface area (Å²) in [5.41, 5.74) is 1.44. The summed E-state index contributed by atoms with van der Waals surface area (Å²) in [7, 11) is -3.20. The third kappa shape index (κ3) is 3.97. The SMILES string of the molecule is O=S(=O)(c1ccccc1)C1(CCCN2CCCC(c3ccccc3)C2)CC1. The van der Waals surface area contributed by atoms with Crippen LogP contribution in [0.3, 0.4) is 0 Å². The largest absolute Gasteiger partial charge is 0.303 e. The molecule has 144 valence electrons. The smallest absolute Gasteiger partial charge is 0.184 e. The lowest BCUT2D eigenvalue weighted by molar-refractivity contribution is 0.204. The molecule has 1 atom stereocenters. The number of hydrogen-bond donors (Lipinski definition) is 0. The summed E-state index contributed by atoms with van der Waals surface area (Å²) in [6.07, 6.45) is 5.87. The Bertz CT molecular complexity index is 844. The first kappa shape index (κ1) is 18.7. The molecule has 3 nitrogen and oxygen atoms in total. The van der Waals surface area contributed by atoms with E-state index >= 15 is 0 Å². The third-order valence-electron chi connectivity index (χ3n) is 6.31. The van der Waals surface area contributed by atoms with Gasteiger partial charge in [-0.3, -0.25) is 0 Å². The number of sulfone groups is 1. The van der Waals surface area contributed by atoms with Crippen molar-refractivity contribution in [3.8, 4) is 0 Å². The van der Waals surface area contributed by atoms with Gasteiger partial charge in [-0.2, -0.15) is 0 Å². The van der Waals surface area contributed by atoms with Crippen LogP contribution in [0.2, 0.25) is 0 Å². The molecule has 2 fully saturated rings. The van der Waals surface area contributed by atoms with Crippen molar-refractivity contribution in [2.75, 3.05) is 19.6 Å². The molecule has 2 aromatic rings. The van der Waals surface area contributed by atoms with Crippen LogP contribution in [0.5, 0.6) is 0 Å². The van der Waals surface area contributed by atoms with Gasteiger partial charge in [0.15, 0.2) is 9.84 Å². The van der Waals surface area contributed by atoms with Crippen LogP contribution in [-0.4, -0.2) is 37.7 Å². The Morgan fingerprint density at radius 3 is 2.30 bits per heavy atom. The quantitative estimate of drug-likeness (QED) is 0.698. The number of rotatable bonds is 7. The molecule has 0 spiro atoms. The van der Waals surface area contributed by atoms with Gasteiger partial charge in [0, 0.05) is 6.54 Å². The van der Waals surface area contributed by atoms with Gasteiger partial charge in [0.05, 0.1) is 9.64 Å². The highest BCUT2D eigenvalue weighted by Gasteiger charge is 2.54. The van der Waals surface area contributed by atoms with Crippen molar-refractivity contribution in [1.82, 2.24) is 4.90 Å². The lowest BCUT2D eigenvalue weighted by Crippen LogP contribution is -2.35. The van der Waals surface area contributed by atoms with E-state index in [2.05, 4.69) is 35.2 Å². The zero-order valence-corrected chi connectivity index (χ0v) is 16.7. The summed E-state index contributed by atoms with van der Waals surface area (Å²) in [4.78, 5) is 3.02. The van der Waals surface area contributed by atoms with Gasteiger partial charge in [-0.1, -0.05) is 48.5 Å². The average molecular weight is 384 g/mol. The van der Waals surface area contributed by atoms with Gasteiger partial charge in [-0.15, -0.1) is 0 Å². The fourth-order valence-corrected chi connectivity index (χ4v) is 6.59. The van der Waals surface area contributed by atoms with Crippen molar-refractivity contribution >= 4 is 9.84 Å². The molecule has 2 aromatic carbocycles. The Morgan fingerprint density at radius 1 is 0.963 bits per heavy atom. The van der Waals surface area contributed by atoms with E-state index in [4.69, 9.17) is 0 Å². The van der Waals surface area contributed by atoms with E-state index in [9.17, 15) is 8.42 Å². The molecule has 4 rings (SSSR count). The van der Waals surface area contributed by atoms with Crippen molar-refractivity contribution in [1.29, 1.82) is 0 Å². The molecule has 1 saturated heterocycles. The summed E-state index contributed by atoms with van der Waals surface area (Å²) < 4.78 is 25.5. The van der Waals surface area contributed by atoms with Crippen LogP contribution in [-0.2, 0) is 9.84 Å². The molecule has 1 aliphatic carbocycles. The first-order chi connectivity index (χ1) is 13.1. The van der Waals surface area contributed by atoms with Crippen molar-refractivity contribution in [3.63, 3.8) is 0 Å². The maximum Gasteiger partial charge on any atom is 0.184 e. The molecule has 0 bridgehead atoms. The standard InChI is InChI=1S/C23H29NO2S/c25-27(26,22-12-5-2-6-13-22)23(15-16-23)14-8-18-24-17-7-11-21(19-24)20-9-3-1-4-10-20/h1-6,9-10,12-13,21H,7-8,11,14-19H2. The number of likely N-dealkylation sites (tertiary alicyclic amines) is 1. The second kappa shape index (κ2) is 7.76. The second-order valence-corrected chi connectivity index (χ2v) is 10.5. The average Bonchev–Trinajstić information content (AvgIpc) is 3.51. The molecule has 1 aliphatic heterocycles. The Labute approximate surface area is 163 Å². The number of piperidine rings is 1. The number of nitrogens with zero attached hydrogens (tertiary/aromatic N) is 1. The first-order valence-corrected chi connectivity index (χ1v) is 11.7. The van der Waals surface area contributed by atoms with Gasteiger partial charge in [-0.05, 0) is 75.2 Å². The molecule has 27 heavy (non-hydrogen) atoms. The predicted molar refractivity (Wildman–Crippen MR) is 110 cm³/mol. The van der Waals surface area contributed by atoms with E-state index < -0.39 is 14.6 Å². The Hall–Kier alpha value is -1.65. The van der Waals surface area contributed by atoms with Crippen LogP contribution in [0.15, 0.2) is 65.6 Å². The van der Waals surface area contributed by atoms with E-state index in [1.807, 2.05) is 18.2 Å². The summed E-state index contributed by atoms with van der Waals surface area (Å²) in [5.74, 6) is 0.614. The summed E-state index contributed by atoms with van der Waals surface area (Å²) in [6.45, 7) is 3.25. The molecule has 0 amide bonds. The van der Waals surface area contributed by atoms with Crippen LogP contribution in [0.25, 0.3) is 0 Å². The van der Waals surface area contributed by atoms with Gasteiger partial charge in [0.1, 0.15) is 0 Å². The highest BCUT2D eigenvalue weighted by atomic mass is 32.2. The minimum atomic E-state index is -3.20. The Balaban J connectivity index is 1.33. The highest BCUT2D eigenvalue weighted by Crippen LogP contribution is 2.50. The van der Waals surface area contributed by atoms with Crippen molar-refractivity contribution in [3.05, 3.63) is 66.2 Å². The third-order valence-corrected chi connectivity index (χ3v) is 8.96. The molecule has 2 aliphatic rings. The second-order valence-electron chi connectivity index (χ2n) is 8.15. The molecule has 4 heteroatoms. The Kier molecular flexibility index (Phi) is 5.38. The van der Waals surface area contributed by atoms with Crippen LogP contribution < -0.4 is 0 Å². The van der Waals surface area contributed by atoms with Crippen molar-refractivity contribution in [2.24, 2.45) is 0 Å². The lowest BCUT2D eigenvalue weighted by atomic mass is 9.90. The normalized spacial score (nSPS) is 22.4. The van der Waals surface area contributed by atoms with E-state index in [1.54, 1.807) is 12.1 Å². The van der Waals surface area contributed by atoms with Crippen molar-refractivity contribution < 1.29 is 8.42 Å². The van der Waals surface area contributed by atoms with Crippen LogP contribution in [0, 0.1) is 0 Å². The zero-order chi connectivity index (χ0) is 18.7. The van der Waals surface area contributed by atoms with Gasteiger partial charge in [0.25, 0.3) is 0 Å². The highest BCUT2D eigenvalue weighted by molar-refractivity contribution is 7.93.